The van der Waals surface area contributed by atoms with Crippen LogP contribution in [0.3, 0.4) is 0 Å². The molecule has 1 N–H and O–H groups in total. The number of anilines is 2. The fourth-order valence-electron chi connectivity index (χ4n) is 2.72. The molecule has 3 rings (SSSR count). The molecular formula is C18H21N5O3. The highest BCUT2D eigenvalue weighted by Crippen LogP contribution is 2.17. The van der Waals surface area contributed by atoms with Gasteiger partial charge in [-0.15, -0.1) is 10.2 Å². The molecule has 1 aromatic carbocycles. The molecular weight excluding hydrogens is 334 g/mol. The summed E-state index contributed by atoms with van der Waals surface area (Å²) in [7, 11) is 3.38. The van der Waals surface area contributed by atoms with Crippen molar-refractivity contribution in [2.24, 2.45) is 0 Å². The summed E-state index contributed by atoms with van der Waals surface area (Å²) < 4.78 is 4.73. The molecule has 0 aliphatic carbocycles. The van der Waals surface area contributed by atoms with Crippen molar-refractivity contribution < 1.29 is 14.3 Å². The highest BCUT2D eigenvalue weighted by atomic mass is 16.5. The van der Waals surface area contributed by atoms with E-state index in [2.05, 4.69) is 32.4 Å². The van der Waals surface area contributed by atoms with Crippen molar-refractivity contribution in [3.63, 3.8) is 0 Å². The lowest BCUT2D eigenvalue weighted by molar-refractivity contribution is 0.0602. The molecule has 1 aliphatic rings. The molecule has 2 aromatic rings. The Labute approximate surface area is 151 Å². The van der Waals surface area contributed by atoms with Gasteiger partial charge in [0.25, 0.3) is 5.91 Å². The van der Waals surface area contributed by atoms with E-state index in [0.717, 1.165) is 32.0 Å². The van der Waals surface area contributed by atoms with Crippen LogP contribution in [-0.2, 0) is 4.74 Å². The summed E-state index contributed by atoms with van der Waals surface area (Å²) in [4.78, 5) is 28.6. The predicted molar refractivity (Wildman–Crippen MR) is 97.5 cm³/mol. The fourth-order valence-corrected chi connectivity index (χ4v) is 2.72. The van der Waals surface area contributed by atoms with Gasteiger partial charge in [-0.25, -0.2) is 4.79 Å². The van der Waals surface area contributed by atoms with Crippen LogP contribution in [0.4, 0.5) is 11.5 Å². The number of rotatable bonds is 4. The van der Waals surface area contributed by atoms with Crippen molar-refractivity contribution in [2.45, 2.75) is 0 Å². The highest BCUT2D eigenvalue weighted by molar-refractivity contribution is 6.07. The number of carbonyl (C=O) groups is 2. The second kappa shape index (κ2) is 7.92. The molecule has 0 unspecified atom stereocenters. The molecule has 2 heterocycles. The van der Waals surface area contributed by atoms with E-state index in [9.17, 15) is 9.59 Å². The minimum Gasteiger partial charge on any atom is -0.465 e. The molecule has 0 saturated carbocycles. The second-order valence-electron chi connectivity index (χ2n) is 6.06. The summed E-state index contributed by atoms with van der Waals surface area (Å²) in [6, 6.07) is 10.1. The first-order valence-corrected chi connectivity index (χ1v) is 8.34. The Morgan fingerprint density at radius 2 is 1.77 bits per heavy atom. The van der Waals surface area contributed by atoms with Crippen molar-refractivity contribution in [3.05, 3.63) is 47.7 Å². The quantitative estimate of drug-likeness (QED) is 0.826. The number of likely N-dealkylation sites (N-methyl/N-ethyl adjacent to an activating group) is 1. The van der Waals surface area contributed by atoms with Gasteiger partial charge in [-0.1, -0.05) is 12.1 Å². The summed E-state index contributed by atoms with van der Waals surface area (Å²) >= 11 is 0. The van der Waals surface area contributed by atoms with Gasteiger partial charge < -0.3 is 19.9 Å². The summed E-state index contributed by atoms with van der Waals surface area (Å²) in [6.45, 7) is 3.69. The SMILES string of the molecule is COC(=O)c1ccccc1NC(=O)c1ccc(N2CCN(C)CC2)nn1. The molecule has 26 heavy (non-hydrogen) atoms. The van der Waals surface area contributed by atoms with E-state index in [0.29, 0.717) is 5.69 Å². The molecule has 0 radical (unpaired) electrons. The maximum atomic E-state index is 12.4. The van der Waals surface area contributed by atoms with Crippen LogP contribution in [0.25, 0.3) is 0 Å². The lowest BCUT2D eigenvalue weighted by atomic mass is 10.1. The van der Waals surface area contributed by atoms with Crippen LogP contribution >= 0.6 is 0 Å². The average Bonchev–Trinajstić information content (AvgIpc) is 2.68. The number of nitrogens with one attached hydrogen (secondary N) is 1. The normalized spacial score (nSPS) is 14.8. The Bertz CT molecular complexity index is 786. The zero-order valence-corrected chi connectivity index (χ0v) is 14.8. The first-order chi connectivity index (χ1) is 12.6. The summed E-state index contributed by atoms with van der Waals surface area (Å²) in [5.41, 5.74) is 0.835. The monoisotopic (exact) mass is 355 g/mol. The minimum absolute atomic E-state index is 0.183. The first kappa shape index (κ1) is 17.8. The van der Waals surface area contributed by atoms with Crippen molar-refractivity contribution in [1.29, 1.82) is 0 Å². The molecule has 8 nitrogen and oxygen atoms in total. The van der Waals surface area contributed by atoms with Crippen LogP contribution in [0.2, 0.25) is 0 Å². The molecule has 1 amide bonds. The largest absolute Gasteiger partial charge is 0.465 e. The van der Waals surface area contributed by atoms with Crippen molar-refractivity contribution in [2.75, 3.05) is 50.6 Å². The van der Waals surface area contributed by atoms with Gasteiger partial charge in [0.2, 0.25) is 0 Å². The number of methoxy groups -OCH3 is 1. The molecule has 8 heteroatoms. The number of amides is 1. The van der Waals surface area contributed by atoms with Crippen LogP contribution in [0.5, 0.6) is 0 Å². The molecule has 1 fully saturated rings. The van der Waals surface area contributed by atoms with Gasteiger partial charge in [0.05, 0.1) is 18.4 Å². The first-order valence-electron chi connectivity index (χ1n) is 8.34. The van der Waals surface area contributed by atoms with E-state index >= 15 is 0 Å². The maximum absolute atomic E-state index is 12.4. The molecule has 0 spiro atoms. The third kappa shape index (κ3) is 3.97. The smallest absolute Gasteiger partial charge is 0.339 e. The Kier molecular flexibility index (Phi) is 5.43. The number of aromatic nitrogens is 2. The number of hydrogen-bond donors (Lipinski definition) is 1. The average molecular weight is 355 g/mol. The van der Waals surface area contributed by atoms with Crippen LogP contribution < -0.4 is 10.2 Å². The van der Waals surface area contributed by atoms with Crippen LogP contribution in [0.15, 0.2) is 36.4 Å². The Balaban J connectivity index is 1.70. The van der Waals surface area contributed by atoms with Crippen LogP contribution in [0.1, 0.15) is 20.8 Å². The van der Waals surface area contributed by atoms with Gasteiger partial charge in [-0.3, -0.25) is 4.79 Å². The lowest BCUT2D eigenvalue weighted by Gasteiger charge is -2.32. The van der Waals surface area contributed by atoms with Crippen molar-refractivity contribution in [1.82, 2.24) is 15.1 Å². The standard InChI is InChI=1S/C18H21N5O3/c1-22-9-11-23(12-10-22)16-8-7-15(20-21-16)17(24)19-14-6-4-3-5-13(14)18(25)26-2/h3-8H,9-12H2,1-2H3,(H,19,24). The third-order valence-electron chi connectivity index (χ3n) is 4.29. The number of carbonyl (C=O) groups excluding carboxylic acids is 2. The third-order valence-corrected chi connectivity index (χ3v) is 4.29. The topological polar surface area (TPSA) is 87.7 Å². The van der Waals surface area contributed by atoms with Gasteiger partial charge >= 0.3 is 5.97 Å². The summed E-state index contributed by atoms with van der Waals surface area (Å²) in [5, 5.41) is 10.9. The van der Waals surface area contributed by atoms with E-state index in [-0.39, 0.29) is 11.3 Å². The zero-order valence-electron chi connectivity index (χ0n) is 14.8. The van der Waals surface area contributed by atoms with E-state index in [4.69, 9.17) is 4.74 Å². The number of piperazine rings is 1. The molecule has 136 valence electrons. The number of hydrogen-bond acceptors (Lipinski definition) is 7. The molecule has 1 aliphatic heterocycles. The maximum Gasteiger partial charge on any atom is 0.339 e. The second-order valence-corrected chi connectivity index (χ2v) is 6.06. The summed E-state index contributed by atoms with van der Waals surface area (Å²) in [6.07, 6.45) is 0. The Morgan fingerprint density at radius 3 is 2.42 bits per heavy atom. The van der Waals surface area contributed by atoms with Gasteiger partial charge in [0.15, 0.2) is 11.5 Å². The Morgan fingerprint density at radius 1 is 1.04 bits per heavy atom. The van der Waals surface area contributed by atoms with E-state index < -0.39 is 11.9 Å². The number of benzene rings is 1. The zero-order chi connectivity index (χ0) is 18.5. The van der Waals surface area contributed by atoms with E-state index in [1.165, 1.54) is 7.11 Å². The Hall–Kier alpha value is -3.00. The molecule has 1 aromatic heterocycles. The number of ether oxygens (including phenoxy) is 1. The van der Waals surface area contributed by atoms with E-state index in [1.54, 1.807) is 36.4 Å². The predicted octanol–water partition coefficient (Wildman–Crippen LogP) is 1.27. The molecule has 0 bridgehead atoms. The van der Waals surface area contributed by atoms with Gasteiger partial charge in [0, 0.05) is 26.2 Å². The number of esters is 1. The fraction of sp³-hybridized carbons (Fsp3) is 0.333. The van der Waals surface area contributed by atoms with Crippen LogP contribution in [-0.4, -0.2) is 67.3 Å². The van der Waals surface area contributed by atoms with Crippen molar-refractivity contribution >= 4 is 23.4 Å². The number of nitrogens with zero attached hydrogens (tertiary/aromatic N) is 4. The molecule has 1 saturated heterocycles. The number of para-hydroxylation sites is 1. The minimum atomic E-state index is -0.516. The van der Waals surface area contributed by atoms with Gasteiger partial charge in [0.1, 0.15) is 0 Å². The summed E-state index contributed by atoms with van der Waals surface area (Å²) in [5.74, 6) is -0.194. The lowest BCUT2D eigenvalue weighted by Crippen LogP contribution is -2.44. The van der Waals surface area contributed by atoms with E-state index in [1.807, 2.05) is 0 Å². The van der Waals surface area contributed by atoms with Gasteiger partial charge in [-0.2, -0.15) is 0 Å². The van der Waals surface area contributed by atoms with Gasteiger partial charge in [-0.05, 0) is 31.3 Å². The van der Waals surface area contributed by atoms with Crippen LogP contribution in [0, 0.1) is 0 Å². The molecule has 0 atom stereocenters. The van der Waals surface area contributed by atoms with Crippen molar-refractivity contribution in [3.8, 4) is 0 Å². The highest BCUT2D eigenvalue weighted by Gasteiger charge is 2.18.